The second-order valence-electron chi connectivity index (χ2n) is 11.4. The van der Waals surface area contributed by atoms with Crippen LogP contribution in [0.25, 0.3) is 5.76 Å². The normalized spacial score (nSPS) is 25.8. The number of benzene rings is 1. The number of aliphatic hydroxyl groups excluding tert-OH is 2. The number of amides is 1. The highest BCUT2D eigenvalue weighted by Gasteiger charge is 2.64. The maximum Gasteiger partial charge on any atom is 0.395 e. The third kappa shape index (κ3) is 4.81. The molecule has 1 saturated carbocycles. The molecule has 11 nitrogen and oxygen atoms in total. The number of halogens is 3. The number of carbonyl (C=O) groups excluding carboxylic acids is 4. The Hall–Kier alpha value is -3.91. The van der Waals surface area contributed by atoms with Gasteiger partial charge in [-0.05, 0) is 56.5 Å². The first-order valence-corrected chi connectivity index (χ1v) is 13.1. The van der Waals surface area contributed by atoms with Gasteiger partial charge in [0.2, 0.25) is 5.78 Å². The molecule has 1 fully saturated rings. The zero-order valence-electron chi connectivity index (χ0n) is 23.4. The number of carbonyl (C=O) groups is 4. The lowest BCUT2D eigenvalue weighted by atomic mass is 9.57. The molecule has 0 unspecified atom stereocenters. The minimum Gasteiger partial charge on any atom is -0.508 e. The fourth-order valence-electron chi connectivity index (χ4n) is 6.52. The lowest BCUT2D eigenvalue weighted by Crippen LogP contribution is -2.65. The Morgan fingerprint density at radius 1 is 1.12 bits per heavy atom. The Balaban J connectivity index is 1.88. The summed E-state index contributed by atoms with van der Waals surface area (Å²) in [4.78, 5) is 54.2. The van der Waals surface area contributed by atoms with Crippen molar-refractivity contribution in [1.29, 1.82) is 0 Å². The van der Waals surface area contributed by atoms with Crippen molar-refractivity contribution in [2.24, 2.45) is 17.6 Å². The number of nitrogens with zero attached hydrogens (tertiary/aromatic N) is 2. The number of primary amides is 1. The molecule has 4 rings (SSSR count). The minimum atomic E-state index is -4.69. The van der Waals surface area contributed by atoms with Crippen LogP contribution in [0.2, 0.25) is 0 Å². The smallest absolute Gasteiger partial charge is 0.395 e. The number of anilines is 1. The van der Waals surface area contributed by atoms with Crippen LogP contribution in [0.4, 0.5) is 18.9 Å². The molecule has 42 heavy (non-hydrogen) atoms. The molecule has 0 spiro atoms. The van der Waals surface area contributed by atoms with Crippen molar-refractivity contribution in [2.45, 2.75) is 49.9 Å². The van der Waals surface area contributed by atoms with Gasteiger partial charge in [0.1, 0.15) is 35.0 Å². The van der Waals surface area contributed by atoms with Crippen LogP contribution in [0.15, 0.2) is 23.0 Å². The van der Waals surface area contributed by atoms with Gasteiger partial charge in [-0.25, -0.2) is 0 Å². The predicted octanol–water partition coefficient (Wildman–Crippen LogP) is 1.48. The molecule has 6 N–H and O–H groups in total. The molecule has 0 aromatic heterocycles. The van der Waals surface area contributed by atoms with Crippen molar-refractivity contribution in [1.82, 2.24) is 4.90 Å². The van der Waals surface area contributed by atoms with Gasteiger partial charge in [0.05, 0.1) is 11.6 Å². The number of rotatable bonds is 7. The highest BCUT2D eigenvalue weighted by atomic mass is 19.4. The summed E-state index contributed by atoms with van der Waals surface area (Å²) in [6, 6.07) is 0.273. The molecule has 0 radical (unpaired) electrons. The van der Waals surface area contributed by atoms with Crippen LogP contribution in [0.1, 0.15) is 36.0 Å². The molecular formula is C28H32F3N3O8. The van der Waals surface area contributed by atoms with E-state index < -0.39 is 88.6 Å². The molecule has 1 amide bonds. The van der Waals surface area contributed by atoms with Crippen molar-refractivity contribution in [3.05, 3.63) is 39.7 Å². The largest absolute Gasteiger partial charge is 0.508 e. The number of phenols is 1. The van der Waals surface area contributed by atoms with Gasteiger partial charge < -0.3 is 31.1 Å². The number of aliphatic hydroxyl groups is 3. The molecule has 1 aromatic rings. The van der Waals surface area contributed by atoms with Crippen LogP contribution in [0.3, 0.4) is 0 Å². The Morgan fingerprint density at radius 3 is 2.26 bits per heavy atom. The van der Waals surface area contributed by atoms with Gasteiger partial charge in [0.15, 0.2) is 11.4 Å². The summed E-state index contributed by atoms with van der Waals surface area (Å²) >= 11 is 0. The lowest BCUT2D eigenvalue weighted by molar-refractivity contribution is -0.154. The molecule has 0 heterocycles. The van der Waals surface area contributed by atoms with Gasteiger partial charge in [-0.3, -0.25) is 24.1 Å². The van der Waals surface area contributed by atoms with Crippen LogP contribution in [-0.2, 0) is 32.0 Å². The number of likely N-dealkylation sites (N-methyl/N-ethyl adjacent to an activating group) is 1. The molecule has 1 aromatic carbocycles. The van der Waals surface area contributed by atoms with Crippen LogP contribution >= 0.6 is 0 Å². The average Bonchev–Trinajstić information content (AvgIpc) is 2.84. The van der Waals surface area contributed by atoms with Gasteiger partial charge in [0.25, 0.3) is 5.91 Å². The Labute approximate surface area is 238 Å². The van der Waals surface area contributed by atoms with Crippen LogP contribution in [0, 0.1) is 11.8 Å². The number of Topliss-reactive ketones (excluding diaryl/α,β-unsaturated/α-hetero) is 3. The zero-order valence-corrected chi connectivity index (χ0v) is 23.4. The van der Waals surface area contributed by atoms with E-state index in [2.05, 4.69) is 0 Å². The van der Waals surface area contributed by atoms with Gasteiger partial charge in [0, 0.05) is 37.7 Å². The quantitative estimate of drug-likeness (QED) is 0.290. The number of hydrogen-bond acceptors (Lipinski definition) is 10. The van der Waals surface area contributed by atoms with Crippen LogP contribution < -0.4 is 10.6 Å². The molecule has 14 heteroatoms. The van der Waals surface area contributed by atoms with Gasteiger partial charge in [-0.1, -0.05) is 0 Å². The highest BCUT2D eigenvalue weighted by molar-refractivity contribution is 6.24. The molecular weight excluding hydrogens is 563 g/mol. The number of aromatic hydroxyl groups is 1. The van der Waals surface area contributed by atoms with E-state index in [-0.39, 0.29) is 36.0 Å². The van der Waals surface area contributed by atoms with Gasteiger partial charge in [-0.2, -0.15) is 13.2 Å². The Morgan fingerprint density at radius 2 is 1.74 bits per heavy atom. The topological polar surface area (TPSA) is 182 Å². The first kappa shape index (κ1) is 31.0. The molecule has 3 aliphatic rings. The number of aryl methyl sites for hydroxylation is 1. The van der Waals surface area contributed by atoms with E-state index in [4.69, 9.17) is 5.73 Å². The summed E-state index contributed by atoms with van der Waals surface area (Å²) in [5, 5.41) is 45.2. The molecule has 0 aliphatic heterocycles. The number of phenolic OH excluding ortho intramolecular Hbond substituents is 1. The standard InChI is InChI=1S/C28H32F3N3O8/c1-33(2)16-9-11(5-6-13(35)10-27(29,30)31)21(36)18-14(16)7-12-8-15-20(34(3)4)23(38)19(26(32)41)25(40)28(15,42)24(39)17(12)22(18)37/h9,12,15,20,36-37,40,42H,5-8,10H2,1-4H3,(H2,32,41)/t12-,15-,20-,28-/m0/s1. The first-order chi connectivity index (χ1) is 19.3. The first-order valence-electron chi connectivity index (χ1n) is 13.1. The second-order valence-corrected chi connectivity index (χ2v) is 11.4. The van der Waals surface area contributed by atoms with Crippen LogP contribution in [0.5, 0.6) is 5.75 Å². The fraction of sp³-hybridized carbons (Fsp3) is 0.500. The van der Waals surface area contributed by atoms with E-state index in [1.807, 2.05) is 0 Å². The van der Waals surface area contributed by atoms with E-state index >= 15 is 0 Å². The summed E-state index contributed by atoms with van der Waals surface area (Å²) in [5.74, 6) is -9.00. The average molecular weight is 596 g/mol. The number of fused-ring (bicyclic) bond motifs is 3. The van der Waals surface area contributed by atoms with Crippen molar-refractivity contribution in [3.63, 3.8) is 0 Å². The SMILES string of the molecule is CN(C)c1cc(CCC(=O)CC(F)(F)F)c(O)c2c1C[C@H]1C[C@H]3[C@H](N(C)C)C(=O)C(C(N)=O)=C(O)[C@@]3(O)C(=O)C1=C2O. The van der Waals surface area contributed by atoms with Gasteiger partial charge >= 0.3 is 6.18 Å². The second kappa shape index (κ2) is 10.4. The number of nitrogens with two attached hydrogens (primary N) is 1. The van der Waals surface area contributed by atoms with Crippen molar-refractivity contribution in [3.8, 4) is 5.75 Å². The van der Waals surface area contributed by atoms with E-state index in [0.717, 1.165) is 0 Å². The van der Waals surface area contributed by atoms with Crippen LogP contribution in [-0.4, -0.2) is 94.6 Å². The summed E-state index contributed by atoms with van der Waals surface area (Å²) in [5.41, 5.74) is 1.94. The highest BCUT2D eigenvalue weighted by Crippen LogP contribution is 2.54. The Kier molecular flexibility index (Phi) is 7.70. The summed E-state index contributed by atoms with van der Waals surface area (Å²) in [6.45, 7) is 0. The van der Waals surface area contributed by atoms with E-state index in [0.29, 0.717) is 11.3 Å². The predicted molar refractivity (Wildman–Crippen MR) is 143 cm³/mol. The molecule has 0 bridgehead atoms. The molecule has 228 valence electrons. The van der Waals surface area contributed by atoms with Crippen molar-refractivity contribution >= 4 is 34.7 Å². The minimum absolute atomic E-state index is 0.0445. The zero-order chi connectivity index (χ0) is 31.6. The molecule has 0 saturated heterocycles. The number of hydrogen-bond donors (Lipinski definition) is 5. The van der Waals surface area contributed by atoms with Crippen molar-refractivity contribution in [2.75, 3.05) is 33.1 Å². The third-order valence-corrected chi connectivity index (χ3v) is 8.33. The van der Waals surface area contributed by atoms with E-state index in [1.54, 1.807) is 19.0 Å². The number of ketones is 3. The maximum absolute atomic E-state index is 14.0. The molecule has 4 atom stereocenters. The maximum atomic E-state index is 14.0. The lowest BCUT2D eigenvalue weighted by Gasteiger charge is -2.50. The summed E-state index contributed by atoms with van der Waals surface area (Å²) in [6.07, 6.45) is -7.21. The summed E-state index contributed by atoms with van der Waals surface area (Å²) in [7, 11) is 6.30. The van der Waals surface area contributed by atoms with Gasteiger partial charge in [-0.15, -0.1) is 0 Å². The van der Waals surface area contributed by atoms with E-state index in [1.165, 1.54) is 25.1 Å². The molecule has 3 aliphatic carbocycles. The fourth-order valence-corrected chi connectivity index (χ4v) is 6.52. The Bertz CT molecular complexity index is 1460. The number of alkyl halides is 3. The third-order valence-electron chi connectivity index (χ3n) is 8.33. The van der Waals surface area contributed by atoms with Crippen molar-refractivity contribution < 1.29 is 52.8 Å². The summed E-state index contributed by atoms with van der Waals surface area (Å²) < 4.78 is 38.0. The van der Waals surface area contributed by atoms with E-state index in [9.17, 15) is 52.8 Å². The monoisotopic (exact) mass is 595 g/mol.